The van der Waals surface area contributed by atoms with Crippen molar-refractivity contribution < 1.29 is 4.79 Å². The lowest BCUT2D eigenvalue weighted by molar-refractivity contribution is -0.134. The molecule has 136 valence electrons. The lowest BCUT2D eigenvalue weighted by atomic mass is 9.98. The third-order valence-electron chi connectivity index (χ3n) is 4.56. The number of carbonyl (C=O) groups is 1. The van der Waals surface area contributed by atoms with Gasteiger partial charge in [-0.3, -0.25) is 9.69 Å². The predicted molar refractivity (Wildman–Crippen MR) is 112 cm³/mol. The van der Waals surface area contributed by atoms with Crippen LogP contribution < -0.4 is 0 Å². The largest absolute Gasteiger partial charge is 0.329 e. The second kappa shape index (κ2) is 7.82. The molecular weight excluding hydrogens is 404 g/mol. The van der Waals surface area contributed by atoms with Gasteiger partial charge < -0.3 is 4.90 Å². The predicted octanol–water partition coefficient (Wildman–Crippen LogP) is 5.13. The van der Waals surface area contributed by atoms with Gasteiger partial charge >= 0.3 is 0 Å². The summed E-state index contributed by atoms with van der Waals surface area (Å²) in [4.78, 5) is 21.1. The van der Waals surface area contributed by atoms with Crippen molar-refractivity contribution in [2.24, 2.45) is 0 Å². The number of halogens is 1. The minimum atomic E-state index is 0.0575. The molecule has 0 saturated heterocycles. The van der Waals surface area contributed by atoms with Gasteiger partial charge in [-0.05, 0) is 54.1 Å². The number of likely N-dealkylation sites (N-methyl/N-ethyl adjacent to an activating group) is 1. The maximum atomic E-state index is 13.1. The molecule has 1 amide bonds. The first kappa shape index (κ1) is 18.2. The first-order valence-electron chi connectivity index (χ1n) is 8.43. The highest BCUT2D eigenvalue weighted by atomic mass is 35.5. The Morgan fingerprint density at radius 3 is 2.88 bits per heavy atom. The molecule has 1 atom stereocenters. The number of nitrogens with zero attached hydrogens (tertiary/aromatic N) is 2. The molecular formula is C19H19ClN2OS3. The highest BCUT2D eigenvalue weighted by Gasteiger charge is 2.33. The van der Waals surface area contributed by atoms with E-state index in [4.69, 9.17) is 11.6 Å². The second-order valence-electron chi connectivity index (χ2n) is 6.43. The minimum Gasteiger partial charge on any atom is -0.329 e. The van der Waals surface area contributed by atoms with Gasteiger partial charge in [-0.1, -0.05) is 17.7 Å². The molecule has 0 aliphatic carbocycles. The molecule has 1 aliphatic rings. The number of hydrogen-bond donors (Lipinski definition) is 0. The standard InChI is InChI=1S/C19H19ClN2OS3/c1-21(11-13-4-5-17(20)26-13)12-18(23)22-8-6-15-14(7-10-25-15)19(22)16-3-2-9-24-16/h2-5,7,9-10,19H,6,8,11-12H2,1H3. The summed E-state index contributed by atoms with van der Waals surface area (Å²) in [6, 6.07) is 10.4. The van der Waals surface area contributed by atoms with Gasteiger partial charge in [-0.25, -0.2) is 0 Å². The van der Waals surface area contributed by atoms with Crippen molar-refractivity contribution in [3.8, 4) is 0 Å². The van der Waals surface area contributed by atoms with Crippen LogP contribution in [0.4, 0.5) is 0 Å². The zero-order valence-electron chi connectivity index (χ0n) is 14.4. The van der Waals surface area contributed by atoms with E-state index >= 15 is 0 Å². The Morgan fingerprint density at radius 1 is 1.27 bits per heavy atom. The maximum Gasteiger partial charge on any atom is 0.237 e. The second-order valence-corrected chi connectivity index (χ2v) is 10.2. The molecule has 0 aromatic carbocycles. The molecule has 0 saturated carbocycles. The fourth-order valence-electron chi connectivity index (χ4n) is 3.42. The Labute approximate surface area is 170 Å². The van der Waals surface area contributed by atoms with E-state index in [1.807, 2.05) is 19.2 Å². The number of thiophene rings is 3. The molecule has 7 heteroatoms. The van der Waals surface area contributed by atoms with Crippen molar-refractivity contribution >= 4 is 51.5 Å². The molecule has 3 aromatic heterocycles. The summed E-state index contributed by atoms with van der Waals surface area (Å²) < 4.78 is 0.790. The van der Waals surface area contributed by atoms with E-state index in [0.29, 0.717) is 6.54 Å². The number of fused-ring (bicyclic) bond motifs is 1. The Hall–Kier alpha value is -1.18. The van der Waals surface area contributed by atoms with Gasteiger partial charge in [-0.15, -0.1) is 34.0 Å². The van der Waals surface area contributed by atoms with Crippen molar-refractivity contribution in [3.63, 3.8) is 0 Å². The zero-order chi connectivity index (χ0) is 18.1. The summed E-state index contributed by atoms with van der Waals surface area (Å²) >= 11 is 11.1. The molecule has 3 nitrogen and oxygen atoms in total. The van der Waals surface area contributed by atoms with E-state index in [-0.39, 0.29) is 11.9 Å². The summed E-state index contributed by atoms with van der Waals surface area (Å²) in [5, 5.41) is 4.23. The zero-order valence-corrected chi connectivity index (χ0v) is 17.6. The molecule has 1 unspecified atom stereocenters. The van der Waals surface area contributed by atoms with Gasteiger partial charge in [0.2, 0.25) is 5.91 Å². The van der Waals surface area contributed by atoms with Crippen LogP contribution >= 0.6 is 45.6 Å². The van der Waals surface area contributed by atoms with Crippen molar-refractivity contribution in [1.82, 2.24) is 9.80 Å². The minimum absolute atomic E-state index is 0.0575. The van der Waals surface area contributed by atoms with Gasteiger partial charge in [0.25, 0.3) is 0 Å². The Kier molecular flexibility index (Phi) is 5.47. The van der Waals surface area contributed by atoms with E-state index in [2.05, 4.69) is 38.8 Å². The molecule has 4 heterocycles. The topological polar surface area (TPSA) is 23.6 Å². The lowest BCUT2D eigenvalue weighted by Crippen LogP contribution is -2.44. The molecule has 26 heavy (non-hydrogen) atoms. The SMILES string of the molecule is CN(CC(=O)N1CCc2sccc2C1c1cccs1)Cc1ccc(Cl)s1. The summed E-state index contributed by atoms with van der Waals surface area (Å²) in [6.07, 6.45) is 0.949. The number of amides is 1. The normalized spacial score (nSPS) is 16.9. The number of carbonyl (C=O) groups excluding carboxylic acids is 1. The maximum absolute atomic E-state index is 13.1. The van der Waals surface area contributed by atoms with Crippen LogP contribution in [-0.2, 0) is 17.8 Å². The highest BCUT2D eigenvalue weighted by Crippen LogP contribution is 2.39. The monoisotopic (exact) mass is 422 g/mol. The van der Waals surface area contributed by atoms with Crippen LogP contribution in [0.2, 0.25) is 4.34 Å². The third-order valence-corrected chi connectivity index (χ3v) is 7.70. The van der Waals surface area contributed by atoms with Crippen LogP contribution in [0.5, 0.6) is 0 Å². The van der Waals surface area contributed by atoms with Crippen LogP contribution in [0.1, 0.15) is 26.2 Å². The fourth-order valence-corrected chi connectivity index (χ4v) is 6.35. The van der Waals surface area contributed by atoms with Crippen molar-refractivity contribution in [2.75, 3.05) is 20.1 Å². The molecule has 1 aliphatic heterocycles. The van der Waals surface area contributed by atoms with Crippen LogP contribution in [0.25, 0.3) is 0 Å². The van der Waals surface area contributed by atoms with Crippen molar-refractivity contribution in [1.29, 1.82) is 0 Å². The lowest BCUT2D eigenvalue weighted by Gasteiger charge is -2.36. The summed E-state index contributed by atoms with van der Waals surface area (Å²) in [7, 11) is 1.99. The van der Waals surface area contributed by atoms with E-state index in [9.17, 15) is 4.79 Å². The van der Waals surface area contributed by atoms with E-state index < -0.39 is 0 Å². The third kappa shape index (κ3) is 3.75. The Balaban J connectivity index is 1.51. The van der Waals surface area contributed by atoms with Crippen LogP contribution in [0.15, 0.2) is 41.1 Å². The van der Waals surface area contributed by atoms with Crippen LogP contribution in [-0.4, -0.2) is 35.8 Å². The molecule has 0 bridgehead atoms. The average Bonchev–Trinajstić information content (AvgIpc) is 3.35. The first-order valence-corrected chi connectivity index (χ1v) is 11.4. The Morgan fingerprint density at radius 2 is 2.15 bits per heavy atom. The summed E-state index contributed by atoms with van der Waals surface area (Å²) in [6.45, 7) is 1.94. The van der Waals surface area contributed by atoms with Crippen LogP contribution in [0, 0.1) is 0 Å². The molecule has 0 fully saturated rings. The molecule has 0 radical (unpaired) electrons. The van der Waals surface area contributed by atoms with Gasteiger partial charge in [0.1, 0.15) is 0 Å². The average molecular weight is 423 g/mol. The summed E-state index contributed by atoms with van der Waals surface area (Å²) in [5.41, 5.74) is 1.30. The van der Waals surface area contributed by atoms with Crippen LogP contribution in [0.3, 0.4) is 0 Å². The molecule has 0 N–H and O–H groups in total. The Bertz CT molecular complexity index is 886. The van der Waals surface area contributed by atoms with E-state index in [1.165, 1.54) is 20.2 Å². The quantitative estimate of drug-likeness (QED) is 0.569. The molecule has 4 rings (SSSR count). The van der Waals surface area contributed by atoms with Crippen molar-refractivity contribution in [2.45, 2.75) is 19.0 Å². The van der Waals surface area contributed by atoms with Gasteiger partial charge in [-0.2, -0.15) is 0 Å². The highest BCUT2D eigenvalue weighted by molar-refractivity contribution is 7.16. The fraction of sp³-hybridized carbons (Fsp3) is 0.316. The summed E-state index contributed by atoms with van der Waals surface area (Å²) in [5.74, 6) is 0.186. The van der Waals surface area contributed by atoms with Gasteiger partial charge in [0.15, 0.2) is 0 Å². The van der Waals surface area contributed by atoms with E-state index in [1.54, 1.807) is 34.0 Å². The van der Waals surface area contributed by atoms with Gasteiger partial charge in [0, 0.05) is 27.7 Å². The van der Waals surface area contributed by atoms with E-state index in [0.717, 1.165) is 23.8 Å². The van der Waals surface area contributed by atoms with Crippen molar-refractivity contribution in [3.05, 3.63) is 65.6 Å². The molecule has 0 spiro atoms. The number of hydrogen-bond acceptors (Lipinski definition) is 5. The number of rotatable bonds is 5. The molecule has 3 aromatic rings. The smallest absolute Gasteiger partial charge is 0.237 e. The first-order chi connectivity index (χ1) is 12.6. The van der Waals surface area contributed by atoms with Gasteiger partial charge in [0.05, 0.1) is 16.9 Å².